The molecular weight excluding hydrogens is 288 g/mol. The van der Waals surface area contributed by atoms with Gasteiger partial charge < -0.3 is 5.32 Å². The van der Waals surface area contributed by atoms with Gasteiger partial charge in [-0.15, -0.1) is 0 Å². The Labute approximate surface area is 122 Å². The summed E-state index contributed by atoms with van der Waals surface area (Å²) in [4.78, 5) is 3.83. The van der Waals surface area contributed by atoms with Gasteiger partial charge in [-0.1, -0.05) is 36.4 Å². The highest BCUT2D eigenvalue weighted by atomic mass is 32.2. The fraction of sp³-hybridized carbons (Fsp3) is 0. The SMILES string of the molecule is O=S(=O)(O)c1cnc2ccccc2c1Nc1ccccc1. The second-order valence-corrected chi connectivity index (χ2v) is 5.87. The van der Waals surface area contributed by atoms with Crippen LogP contribution in [-0.2, 0) is 10.1 Å². The molecule has 0 unspecified atom stereocenters. The van der Waals surface area contributed by atoms with E-state index < -0.39 is 10.1 Å². The van der Waals surface area contributed by atoms with E-state index in [9.17, 15) is 13.0 Å². The van der Waals surface area contributed by atoms with Gasteiger partial charge in [-0.05, 0) is 18.2 Å². The van der Waals surface area contributed by atoms with Gasteiger partial charge in [0, 0.05) is 11.1 Å². The molecule has 21 heavy (non-hydrogen) atoms. The molecule has 3 rings (SSSR count). The number of para-hydroxylation sites is 2. The van der Waals surface area contributed by atoms with E-state index in [1.54, 1.807) is 18.2 Å². The van der Waals surface area contributed by atoms with Crippen LogP contribution in [0.5, 0.6) is 0 Å². The van der Waals surface area contributed by atoms with Gasteiger partial charge in [0.1, 0.15) is 4.90 Å². The Hall–Kier alpha value is -2.44. The van der Waals surface area contributed by atoms with Crippen LogP contribution in [0.4, 0.5) is 11.4 Å². The standard InChI is InChI=1S/C15H12N2O3S/c18-21(19,20)14-10-16-13-9-5-4-8-12(13)15(14)17-11-6-2-1-3-7-11/h1-10H,(H,16,17)(H,18,19,20). The third-order valence-electron chi connectivity index (χ3n) is 3.06. The van der Waals surface area contributed by atoms with Crippen LogP contribution in [0.25, 0.3) is 10.9 Å². The summed E-state index contributed by atoms with van der Waals surface area (Å²) in [6, 6.07) is 16.3. The van der Waals surface area contributed by atoms with E-state index in [1.807, 2.05) is 36.4 Å². The molecule has 6 heteroatoms. The van der Waals surface area contributed by atoms with E-state index in [0.717, 1.165) is 11.9 Å². The molecule has 0 aliphatic rings. The first-order chi connectivity index (χ1) is 10.1. The van der Waals surface area contributed by atoms with E-state index >= 15 is 0 Å². The summed E-state index contributed by atoms with van der Waals surface area (Å²) < 4.78 is 32.5. The minimum atomic E-state index is -4.37. The third kappa shape index (κ3) is 2.72. The molecule has 0 fully saturated rings. The zero-order valence-electron chi connectivity index (χ0n) is 10.9. The van der Waals surface area contributed by atoms with Crippen molar-refractivity contribution in [1.82, 2.24) is 4.98 Å². The number of hydrogen-bond acceptors (Lipinski definition) is 4. The molecule has 1 heterocycles. The second kappa shape index (κ2) is 5.16. The van der Waals surface area contributed by atoms with Gasteiger partial charge >= 0.3 is 0 Å². The summed E-state index contributed by atoms with van der Waals surface area (Å²) in [5.41, 5.74) is 1.68. The quantitative estimate of drug-likeness (QED) is 0.726. The molecule has 0 atom stereocenters. The molecule has 2 N–H and O–H groups in total. The van der Waals surface area contributed by atoms with Crippen LogP contribution >= 0.6 is 0 Å². The molecule has 0 aliphatic carbocycles. The van der Waals surface area contributed by atoms with E-state index in [1.165, 1.54) is 0 Å². The number of nitrogens with zero attached hydrogens (tertiary/aromatic N) is 1. The second-order valence-electron chi connectivity index (χ2n) is 4.48. The first kappa shape index (κ1) is 13.5. The average Bonchev–Trinajstić information content (AvgIpc) is 2.47. The van der Waals surface area contributed by atoms with Crippen LogP contribution in [0.15, 0.2) is 65.7 Å². The maximum Gasteiger partial charge on any atom is 0.298 e. The van der Waals surface area contributed by atoms with E-state index in [-0.39, 0.29) is 4.90 Å². The Morgan fingerprint density at radius 1 is 0.952 bits per heavy atom. The zero-order chi connectivity index (χ0) is 14.9. The molecular formula is C15H12N2O3S. The van der Waals surface area contributed by atoms with Crippen molar-refractivity contribution < 1.29 is 13.0 Å². The Kier molecular flexibility index (Phi) is 3.32. The predicted octanol–water partition coefficient (Wildman–Crippen LogP) is 3.23. The van der Waals surface area contributed by atoms with Crippen molar-refractivity contribution in [3.8, 4) is 0 Å². The lowest BCUT2D eigenvalue weighted by molar-refractivity contribution is 0.483. The molecule has 0 bridgehead atoms. The average molecular weight is 300 g/mol. The molecule has 0 saturated carbocycles. The van der Waals surface area contributed by atoms with E-state index in [4.69, 9.17) is 0 Å². The Morgan fingerprint density at radius 3 is 2.33 bits per heavy atom. The molecule has 2 aromatic carbocycles. The monoisotopic (exact) mass is 300 g/mol. The van der Waals surface area contributed by atoms with Gasteiger partial charge in [0.25, 0.3) is 10.1 Å². The number of benzene rings is 2. The van der Waals surface area contributed by atoms with Gasteiger partial charge in [-0.25, -0.2) is 0 Å². The van der Waals surface area contributed by atoms with Crippen molar-refractivity contribution in [2.24, 2.45) is 0 Å². The fourth-order valence-electron chi connectivity index (χ4n) is 2.11. The molecule has 1 aromatic heterocycles. The van der Waals surface area contributed by atoms with Gasteiger partial charge in [-0.3, -0.25) is 9.54 Å². The molecule has 0 radical (unpaired) electrons. The number of rotatable bonds is 3. The highest BCUT2D eigenvalue weighted by Gasteiger charge is 2.19. The van der Waals surface area contributed by atoms with Crippen molar-refractivity contribution in [3.05, 3.63) is 60.8 Å². The molecule has 0 aliphatic heterocycles. The highest BCUT2D eigenvalue weighted by Crippen LogP contribution is 2.31. The number of anilines is 2. The maximum absolute atomic E-state index is 11.6. The van der Waals surface area contributed by atoms with Crippen molar-refractivity contribution in [2.75, 3.05) is 5.32 Å². The van der Waals surface area contributed by atoms with Crippen molar-refractivity contribution in [3.63, 3.8) is 0 Å². The smallest absolute Gasteiger partial charge is 0.298 e. The molecule has 106 valence electrons. The minimum Gasteiger partial charge on any atom is -0.354 e. The van der Waals surface area contributed by atoms with Crippen LogP contribution < -0.4 is 5.32 Å². The molecule has 0 saturated heterocycles. The molecule has 3 aromatic rings. The Morgan fingerprint density at radius 2 is 1.62 bits per heavy atom. The number of fused-ring (bicyclic) bond motifs is 1. The van der Waals surface area contributed by atoms with Crippen molar-refractivity contribution in [2.45, 2.75) is 4.90 Å². The summed E-state index contributed by atoms with van der Waals surface area (Å²) >= 11 is 0. The number of hydrogen-bond donors (Lipinski definition) is 2. The summed E-state index contributed by atoms with van der Waals surface area (Å²) in [6.07, 6.45) is 1.16. The minimum absolute atomic E-state index is 0.245. The van der Waals surface area contributed by atoms with Crippen LogP contribution in [0.3, 0.4) is 0 Å². The number of aromatic nitrogens is 1. The molecule has 0 spiro atoms. The summed E-state index contributed by atoms with van der Waals surface area (Å²) in [5.74, 6) is 0. The van der Waals surface area contributed by atoms with Crippen LogP contribution in [0.2, 0.25) is 0 Å². The fourth-order valence-corrected chi connectivity index (χ4v) is 2.72. The lowest BCUT2D eigenvalue weighted by Crippen LogP contribution is -2.05. The first-order valence-electron chi connectivity index (χ1n) is 6.23. The normalized spacial score (nSPS) is 11.5. The Bertz CT molecular complexity index is 893. The zero-order valence-corrected chi connectivity index (χ0v) is 11.7. The predicted molar refractivity (Wildman–Crippen MR) is 81.3 cm³/mol. The van der Waals surface area contributed by atoms with Gasteiger partial charge in [-0.2, -0.15) is 8.42 Å². The summed E-state index contributed by atoms with van der Waals surface area (Å²) in [5, 5.41) is 3.66. The van der Waals surface area contributed by atoms with Gasteiger partial charge in [0.15, 0.2) is 0 Å². The molecule has 5 nitrogen and oxygen atoms in total. The van der Waals surface area contributed by atoms with Crippen LogP contribution in [-0.4, -0.2) is 18.0 Å². The Balaban J connectivity index is 2.26. The lowest BCUT2D eigenvalue weighted by Gasteiger charge is -2.13. The maximum atomic E-state index is 11.6. The topological polar surface area (TPSA) is 79.3 Å². The van der Waals surface area contributed by atoms with E-state index in [0.29, 0.717) is 16.6 Å². The number of nitrogens with one attached hydrogen (secondary N) is 1. The van der Waals surface area contributed by atoms with Crippen molar-refractivity contribution >= 4 is 32.4 Å². The van der Waals surface area contributed by atoms with Gasteiger partial charge in [0.2, 0.25) is 0 Å². The lowest BCUT2D eigenvalue weighted by atomic mass is 10.2. The van der Waals surface area contributed by atoms with Crippen LogP contribution in [0, 0.1) is 0 Å². The molecule has 0 amide bonds. The van der Waals surface area contributed by atoms with Gasteiger partial charge in [0.05, 0.1) is 17.4 Å². The third-order valence-corrected chi connectivity index (χ3v) is 3.93. The summed E-state index contributed by atoms with van der Waals surface area (Å²) in [6.45, 7) is 0. The first-order valence-corrected chi connectivity index (χ1v) is 7.67. The van der Waals surface area contributed by atoms with E-state index in [2.05, 4.69) is 10.3 Å². The largest absolute Gasteiger partial charge is 0.354 e. The highest BCUT2D eigenvalue weighted by molar-refractivity contribution is 7.86. The summed E-state index contributed by atoms with van der Waals surface area (Å²) in [7, 11) is -4.37. The number of pyridine rings is 1. The van der Waals surface area contributed by atoms with Crippen molar-refractivity contribution in [1.29, 1.82) is 0 Å². The van der Waals surface area contributed by atoms with Crippen LogP contribution in [0.1, 0.15) is 0 Å².